The van der Waals surface area contributed by atoms with Gasteiger partial charge in [-0.1, -0.05) is 5.16 Å². The summed E-state index contributed by atoms with van der Waals surface area (Å²) < 4.78 is 4.53. The minimum atomic E-state index is -0.138. The Morgan fingerprint density at radius 3 is 3.09 bits per heavy atom. The zero-order valence-electron chi connectivity index (χ0n) is 5.91. The molecule has 4 nitrogen and oxygen atoms in total. The van der Waals surface area contributed by atoms with Crippen molar-refractivity contribution in [2.45, 2.75) is 18.9 Å². The van der Waals surface area contributed by atoms with Crippen LogP contribution < -0.4 is 5.32 Å². The summed E-state index contributed by atoms with van der Waals surface area (Å²) in [7, 11) is 0. The molecule has 0 unspecified atom stereocenters. The molecule has 1 aromatic heterocycles. The zero-order valence-corrected chi connectivity index (χ0v) is 5.91. The molecular formula is C7H8N2O2. The van der Waals surface area contributed by atoms with Gasteiger partial charge in [-0.25, -0.2) is 0 Å². The molecule has 1 saturated carbocycles. The Bertz CT molecular complexity index is 251. The van der Waals surface area contributed by atoms with Gasteiger partial charge in [-0.15, -0.1) is 0 Å². The maximum Gasteiger partial charge on any atom is 0.273 e. The first-order valence-corrected chi connectivity index (χ1v) is 3.57. The first-order chi connectivity index (χ1) is 5.36. The van der Waals surface area contributed by atoms with Crippen molar-refractivity contribution in [3.05, 3.63) is 18.0 Å². The maximum absolute atomic E-state index is 11.1. The molecule has 1 amide bonds. The molecule has 2 rings (SSSR count). The van der Waals surface area contributed by atoms with E-state index in [1.807, 2.05) is 0 Å². The van der Waals surface area contributed by atoms with Crippen molar-refractivity contribution in [2.75, 3.05) is 0 Å². The molecule has 0 aliphatic heterocycles. The van der Waals surface area contributed by atoms with Gasteiger partial charge in [-0.05, 0) is 12.8 Å². The van der Waals surface area contributed by atoms with Gasteiger partial charge < -0.3 is 9.84 Å². The molecule has 0 saturated heterocycles. The first kappa shape index (κ1) is 6.39. The van der Waals surface area contributed by atoms with E-state index in [2.05, 4.69) is 15.0 Å². The van der Waals surface area contributed by atoms with Crippen LogP contribution in [0, 0.1) is 0 Å². The number of carbonyl (C=O) groups excluding carboxylic acids is 1. The summed E-state index contributed by atoms with van der Waals surface area (Å²) in [5.41, 5.74) is 0.358. The summed E-state index contributed by atoms with van der Waals surface area (Å²) in [6.07, 6.45) is 3.56. The van der Waals surface area contributed by atoms with Crippen molar-refractivity contribution >= 4 is 5.91 Å². The highest BCUT2D eigenvalue weighted by atomic mass is 16.5. The van der Waals surface area contributed by atoms with Crippen LogP contribution in [-0.4, -0.2) is 17.1 Å². The van der Waals surface area contributed by atoms with Gasteiger partial charge in [0.15, 0.2) is 5.69 Å². The molecule has 0 radical (unpaired) electrons. The summed E-state index contributed by atoms with van der Waals surface area (Å²) in [6.45, 7) is 0. The van der Waals surface area contributed by atoms with Crippen LogP contribution in [0.2, 0.25) is 0 Å². The number of rotatable bonds is 2. The summed E-state index contributed by atoms with van der Waals surface area (Å²) in [5, 5.41) is 6.30. The molecular weight excluding hydrogens is 144 g/mol. The predicted octanol–water partition coefficient (Wildman–Crippen LogP) is 0.567. The molecule has 1 N–H and O–H groups in total. The summed E-state index contributed by atoms with van der Waals surface area (Å²) in [6, 6.07) is 1.93. The van der Waals surface area contributed by atoms with Crippen LogP contribution in [0.25, 0.3) is 0 Å². The van der Waals surface area contributed by atoms with Gasteiger partial charge in [0.1, 0.15) is 6.26 Å². The second kappa shape index (κ2) is 2.38. The van der Waals surface area contributed by atoms with Crippen LogP contribution in [0.15, 0.2) is 16.9 Å². The Kier molecular flexibility index (Phi) is 1.38. The van der Waals surface area contributed by atoms with E-state index in [1.54, 1.807) is 6.07 Å². The normalized spacial score (nSPS) is 16.4. The number of nitrogens with one attached hydrogen (secondary N) is 1. The Balaban J connectivity index is 1.99. The molecule has 0 aromatic carbocycles. The van der Waals surface area contributed by atoms with E-state index < -0.39 is 0 Å². The van der Waals surface area contributed by atoms with Crippen LogP contribution in [0.5, 0.6) is 0 Å². The van der Waals surface area contributed by atoms with Crippen molar-refractivity contribution < 1.29 is 9.32 Å². The zero-order chi connectivity index (χ0) is 7.68. The third-order valence-corrected chi connectivity index (χ3v) is 1.58. The van der Waals surface area contributed by atoms with Crippen LogP contribution in [0.4, 0.5) is 0 Å². The van der Waals surface area contributed by atoms with Gasteiger partial charge in [0.05, 0.1) is 0 Å². The molecule has 0 bridgehead atoms. The van der Waals surface area contributed by atoms with Gasteiger partial charge in [-0.2, -0.15) is 0 Å². The van der Waals surface area contributed by atoms with E-state index in [0.717, 1.165) is 12.8 Å². The number of hydrogen-bond donors (Lipinski definition) is 1. The molecule has 1 heterocycles. The van der Waals surface area contributed by atoms with Gasteiger partial charge in [0.25, 0.3) is 5.91 Å². The number of amides is 1. The molecule has 0 spiro atoms. The highest BCUT2D eigenvalue weighted by Gasteiger charge is 2.24. The Morgan fingerprint density at radius 2 is 2.55 bits per heavy atom. The fourth-order valence-corrected chi connectivity index (χ4v) is 0.817. The summed E-state index contributed by atoms with van der Waals surface area (Å²) >= 11 is 0. The fourth-order valence-electron chi connectivity index (χ4n) is 0.817. The molecule has 4 heteroatoms. The van der Waals surface area contributed by atoms with Crippen molar-refractivity contribution in [3.8, 4) is 0 Å². The van der Waals surface area contributed by atoms with Crippen LogP contribution >= 0.6 is 0 Å². The quantitative estimate of drug-likeness (QED) is 0.673. The van der Waals surface area contributed by atoms with E-state index in [1.165, 1.54) is 6.26 Å². The second-order valence-corrected chi connectivity index (χ2v) is 2.63. The van der Waals surface area contributed by atoms with Crippen molar-refractivity contribution in [2.24, 2.45) is 0 Å². The van der Waals surface area contributed by atoms with Gasteiger partial charge in [0.2, 0.25) is 0 Å². The predicted molar refractivity (Wildman–Crippen MR) is 37.0 cm³/mol. The fraction of sp³-hybridized carbons (Fsp3) is 0.429. The average molecular weight is 152 g/mol. The first-order valence-electron chi connectivity index (χ1n) is 3.57. The van der Waals surface area contributed by atoms with Gasteiger partial charge in [-0.3, -0.25) is 4.79 Å². The highest BCUT2D eigenvalue weighted by Crippen LogP contribution is 2.18. The number of nitrogens with zero attached hydrogens (tertiary/aromatic N) is 1. The largest absolute Gasteiger partial charge is 0.364 e. The molecule has 1 fully saturated rings. The van der Waals surface area contributed by atoms with Gasteiger partial charge in [0, 0.05) is 12.1 Å². The molecule has 11 heavy (non-hydrogen) atoms. The van der Waals surface area contributed by atoms with Crippen LogP contribution in [-0.2, 0) is 0 Å². The number of carbonyl (C=O) groups is 1. The lowest BCUT2D eigenvalue weighted by molar-refractivity contribution is 0.0942. The minimum absolute atomic E-state index is 0.138. The Morgan fingerprint density at radius 1 is 1.73 bits per heavy atom. The van der Waals surface area contributed by atoms with E-state index in [0.29, 0.717) is 11.7 Å². The molecule has 1 aromatic rings. The maximum atomic E-state index is 11.1. The average Bonchev–Trinajstić information content (AvgIpc) is 2.67. The van der Waals surface area contributed by atoms with Crippen molar-refractivity contribution in [1.82, 2.24) is 10.5 Å². The van der Waals surface area contributed by atoms with E-state index in [9.17, 15) is 4.79 Å². The monoisotopic (exact) mass is 152 g/mol. The Labute approximate surface area is 63.6 Å². The van der Waals surface area contributed by atoms with E-state index in [-0.39, 0.29) is 5.91 Å². The van der Waals surface area contributed by atoms with Crippen molar-refractivity contribution in [3.63, 3.8) is 0 Å². The van der Waals surface area contributed by atoms with Gasteiger partial charge >= 0.3 is 0 Å². The summed E-state index contributed by atoms with van der Waals surface area (Å²) in [4.78, 5) is 11.1. The number of aromatic nitrogens is 1. The smallest absolute Gasteiger partial charge is 0.273 e. The standard InChI is InChI=1S/C7H8N2O2/c10-7(8-5-1-2-5)6-3-4-11-9-6/h3-5H,1-2H2,(H,8,10). The van der Waals surface area contributed by atoms with E-state index in [4.69, 9.17) is 0 Å². The Hall–Kier alpha value is -1.32. The third-order valence-electron chi connectivity index (χ3n) is 1.58. The third kappa shape index (κ3) is 1.39. The highest BCUT2D eigenvalue weighted by molar-refractivity contribution is 5.92. The SMILES string of the molecule is O=C(NC1CC1)c1ccon1. The molecule has 0 atom stereocenters. The minimum Gasteiger partial charge on any atom is -0.364 e. The topological polar surface area (TPSA) is 55.1 Å². The number of hydrogen-bond acceptors (Lipinski definition) is 3. The van der Waals surface area contributed by atoms with Crippen LogP contribution in [0.3, 0.4) is 0 Å². The molecule has 1 aliphatic carbocycles. The summed E-state index contributed by atoms with van der Waals surface area (Å²) in [5.74, 6) is -0.138. The van der Waals surface area contributed by atoms with Crippen molar-refractivity contribution in [1.29, 1.82) is 0 Å². The molecule has 58 valence electrons. The lowest BCUT2D eigenvalue weighted by Gasteiger charge is -1.96. The molecule has 1 aliphatic rings. The van der Waals surface area contributed by atoms with E-state index >= 15 is 0 Å². The lowest BCUT2D eigenvalue weighted by Crippen LogP contribution is -2.25. The second-order valence-electron chi connectivity index (χ2n) is 2.63. The lowest BCUT2D eigenvalue weighted by atomic mass is 10.4. The van der Waals surface area contributed by atoms with Crippen LogP contribution in [0.1, 0.15) is 23.3 Å².